The summed E-state index contributed by atoms with van der Waals surface area (Å²) in [5, 5.41) is -0.415. The molecule has 4 rings (SSSR count). The number of nitrogens with zero attached hydrogens (tertiary/aromatic N) is 3. The predicted molar refractivity (Wildman–Crippen MR) is 130 cm³/mol. The van der Waals surface area contributed by atoms with E-state index in [4.69, 9.17) is 4.74 Å². The van der Waals surface area contributed by atoms with Crippen LogP contribution in [0.4, 0.5) is 10.5 Å². The minimum Gasteiger partial charge on any atom is -0.491 e. The standard InChI is InChI=1S/C25H27N3O4S/c1-18(2)32-21-10-8-19(9-11-21)16-22-24(30)28(25(31)33-22)17-23(29)27-14-12-26(13-15-27)20-6-4-3-5-7-20/h3-11,16,18H,12-15,17H2,1-2H3/b22-16-. The van der Waals surface area contributed by atoms with Gasteiger partial charge in [-0.2, -0.15) is 0 Å². The summed E-state index contributed by atoms with van der Waals surface area (Å²) < 4.78 is 5.63. The summed E-state index contributed by atoms with van der Waals surface area (Å²) in [4.78, 5) is 43.3. The molecule has 0 atom stereocenters. The summed E-state index contributed by atoms with van der Waals surface area (Å²) in [5.41, 5.74) is 1.92. The molecular weight excluding hydrogens is 438 g/mol. The van der Waals surface area contributed by atoms with Crippen molar-refractivity contribution in [2.24, 2.45) is 0 Å². The third-order valence-corrected chi connectivity index (χ3v) is 6.38. The number of para-hydroxylation sites is 1. The van der Waals surface area contributed by atoms with Gasteiger partial charge in [0, 0.05) is 31.9 Å². The van der Waals surface area contributed by atoms with Crippen molar-refractivity contribution >= 4 is 40.6 Å². The minimum absolute atomic E-state index is 0.0752. The number of benzene rings is 2. The number of ether oxygens (including phenoxy) is 1. The lowest BCUT2D eigenvalue weighted by molar-refractivity contribution is -0.136. The van der Waals surface area contributed by atoms with Gasteiger partial charge in [-0.25, -0.2) is 0 Å². The molecule has 2 aromatic rings. The first-order valence-corrected chi connectivity index (χ1v) is 11.8. The van der Waals surface area contributed by atoms with Crippen LogP contribution in [0.15, 0.2) is 59.5 Å². The third kappa shape index (κ3) is 5.57. The van der Waals surface area contributed by atoms with Crippen LogP contribution in [0.25, 0.3) is 6.08 Å². The van der Waals surface area contributed by atoms with E-state index in [-0.39, 0.29) is 18.6 Å². The zero-order valence-electron chi connectivity index (χ0n) is 18.8. The van der Waals surface area contributed by atoms with E-state index in [1.807, 2.05) is 56.3 Å². The molecule has 7 nitrogen and oxygen atoms in total. The smallest absolute Gasteiger partial charge is 0.294 e. The Morgan fingerprint density at radius 3 is 2.30 bits per heavy atom. The van der Waals surface area contributed by atoms with E-state index in [2.05, 4.69) is 17.0 Å². The molecule has 0 aromatic heterocycles. The Kier molecular flexibility index (Phi) is 7.03. The number of piperazine rings is 1. The third-order valence-electron chi connectivity index (χ3n) is 5.47. The maximum atomic E-state index is 12.8. The maximum Gasteiger partial charge on any atom is 0.294 e. The molecule has 172 valence electrons. The number of hydrogen-bond donors (Lipinski definition) is 0. The highest BCUT2D eigenvalue weighted by Crippen LogP contribution is 2.32. The maximum absolute atomic E-state index is 12.8. The highest BCUT2D eigenvalue weighted by atomic mass is 32.2. The Bertz CT molecular complexity index is 1050. The molecule has 8 heteroatoms. The van der Waals surface area contributed by atoms with Crippen LogP contribution in [0, 0.1) is 0 Å². The lowest BCUT2D eigenvalue weighted by atomic mass is 10.2. The van der Waals surface area contributed by atoms with Gasteiger partial charge in [-0.3, -0.25) is 19.3 Å². The zero-order valence-corrected chi connectivity index (χ0v) is 19.6. The monoisotopic (exact) mass is 465 g/mol. The van der Waals surface area contributed by atoms with E-state index < -0.39 is 11.1 Å². The second-order valence-corrected chi connectivity index (χ2v) is 9.20. The minimum atomic E-state index is -0.427. The van der Waals surface area contributed by atoms with Crippen molar-refractivity contribution in [2.75, 3.05) is 37.6 Å². The largest absolute Gasteiger partial charge is 0.491 e. The summed E-state index contributed by atoms with van der Waals surface area (Å²) in [7, 11) is 0. The molecule has 0 saturated carbocycles. The van der Waals surface area contributed by atoms with Crippen LogP contribution in [0.2, 0.25) is 0 Å². The molecule has 33 heavy (non-hydrogen) atoms. The van der Waals surface area contributed by atoms with Gasteiger partial charge in [-0.1, -0.05) is 30.3 Å². The fourth-order valence-corrected chi connectivity index (χ4v) is 4.63. The van der Waals surface area contributed by atoms with Gasteiger partial charge in [-0.15, -0.1) is 0 Å². The van der Waals surface area contributed by atoms with E-state index in [1.165, 1.54) is 0 Å². The van der Waals surface area contributed by atoms with E-state index in [9.17, 15) is 14.4 Å². The highest BCUT2D eigenvalue weighted by molar-refractivity contribution is 8.18. The second kappa shape index (κ2) is 10.1. The van der Waals surface area contributed by atoms with Crippen LogP contribution in [0.3, 0.4) is 0 Å². The van der Waals surface area contributed by atoms with Crippen molar-refractivity contribution in [3.05, 3.63) is 65.1 Å². The molecular formula is C25H27N3O4S. The summed E-state index contributed by atoms with van der Waals surface area (Å²) in [6.45, 7) is 6.23. The summed E-state index contributed by atoms with van der Waals surface area (Å²) in [6, 6.07) is 17.4. The zero-order chi connectivity index (χ0) is 23.4. The van der Waals surface area contributed by atoms with Crippen LogP contribution in [0.5, 0.6) is 5.75 Å². The van der Waals surface area contributed by atoms with Gasteiger partial charge in [0.15, 0.2) is 0 Å². The van der Waals surface area contributed by atoms with Crippen LogP contribution in [0.1, 0.15) is 19.4 Å². The number of hydrogen-bond acceptors (Lipinski definition) is 6. The Hall–Kier alpha value is -3.26. The van der Waals surface area contributed by atoms with Gasteiger partial charge < -0.3 is 14.5 Å². The number of anilines is 1. The van der Waals surface area contributed by atoms with E-state index in [0.29, 0.717) is 31.1 Å². The lowest BCUT2D eigenvalue weighted by Gasteiger charge is -2.36. The first kappa shape index (κ1) is 22.9. The van der Waals surface area contributed by atoms with E-state index >= 15 is 0 Å². The van der Waals surface area contributed by atoms with Gasteiger partial charge in [-0.05, 0) is 61.5 Å². The van der Waals surface area contributed by atoms with Gasteiger partial charge in [0.25, 0.3) is 11.1 Å². The molecule has 0 N–H and O–H groups in total. The van der Waals surface area contributed by atoms with E-state index in [1.54, 1.807) is 11.0 Å². The highest BCUT2D eigenvalue weighted by Gasteiger charge is 2.37. The first-order valence-electron chi connectivity index (χ1n) is 11.0. The fraction of sp³-hybridized carbons (Fsp3) is 0.320. The molecule has 0 spiro atoms. The number of carbonyl (C=O) groups is 3. The average molecular weight is 466 g/mol. The number of thioether (sulfide) groups is 1. The first-order chi connectivity index (χ1) is 15.9. The summed E-state index contributed by atoms with van der Waals surface area (Å²) in [6.07, 6.45) is 1.75. The number of rotatable bonds is 6. The summed E-state index contributed by atoms with van der Waals surface area (Å²) in [5.74, 6) is 0.110. The van der Waals surface area contributed by atoms with Crippen molar-refractivity contribution in [1.29, 1.82) is 0 Å². The normalized spacial score (nSPS) is 17.9. The molecule has 2 saturated heterocycles. The molecule has 2 aliphatic rings. The average Bonchev–Trinajstić information content (AvgIpc) is 3.08. The molecule has 2 heterocycles. The predicted octanol–water partition coefficient (Wildman–Crippen LogP) is 3.86. The topological polar surface area (TPSA) is 70.2 Å². The van der Waals surface area contributed by atoms with E-state index in [0.717, 1.165) is 33.7 Å². The van der Waals surface area contributed by atoms with Crippen LogP contribution in [-0.2, 0) is 9.59 Å². The number of imide groups is 1. The lowest BCUT2D eigenvalue weighted by Crippen LogP contribution is -2.51. The van der Waals surface area contributed by atoms with Crippen LogP contribution in [-0.4, -0.2) is 65.7 Å². The molecule has 3 amide bonds. The molecule has 2 aliphatic heterocycles. The van der Waals surface area contributed by atoms with Crippen molar-refractivity contribution in [1.82, 2.24) is 9.80 Å². The Balaban J connectivity index is 1.34. The van der Waals surface area contributed by atoms with Gasteiger partial charge in [0.2, 0.25) is 5.91 Å². The molecule has 0 bridgehead atoms. The quantitative estimate of drug-likeness (QED) is 0.604. The fourth-order valence-electron chi connectivity index (χ4n) is 3.79. The number of carbonyl (C=O) groups excluding carboxylic acids is 3. The molecule has 0 radical (unpaired) electrons. The molecule has 2 aromatic carbocycles. The van der Waals surface area contributed by atoms with Crippen molar-refractivity contribution < 1.29 is 19.1 Å². The molecule has 0 aliphatic carbocycles. The molecule has 2 fully saturated rings. The Labute approximate surface area is 198 Å². The molecule has 0 unspecified atom stereocenters. The van der Waals surface area contributed by atoms with Gasteiger partial charge in [0.1, 0.15) is 12.3 Å². The second-order valence-electron chi connectivity index (χ2n) is 8.21. The Morgan fingerprint density at radius 1 is 1.00 bits per heavy atom. The Morgan fingerprint density at radius 2 is 1.67 bits per heavy atom. The number of amides is 3. The van der Waals surface area contributed by atoms with Gasteiger partial charge >= 0.3 is 0 Å². The summed E-state index contributed by atoms with van der Waals surface area (Å²) >= 11 is 0.866. The van der Waals surface area contributed by atoms with Crippen LogP contribution < -0.4 is 9.64 Å². The van der Waals surface area contributed by atoms with Crippen molar-refractivity contribution in [3.8, 4) is 5.75 Å². The van der Waals surface area contributed by atoms with Gasteiger partial charge in [0.05, 0.1) is 11.0 Å². The van der Waals surface area contributed by atoms with Crippen molar-refractivity contribution in [3.63, 3.8) is 0 Å². The van der Waals surface area contributed by atoms with Crippen molar-refractivity contribution in [2.45, 2.75) is 20.0 Å². The van der Waals surface area contributed by atoms with Crippen LogP contribution >= 0.6 is 11.8 Å². The SMILES string of the molecule is CC(C)Oc1ccc(/C=C2\SC(=O)N(CC(=O)N3CCN(c4ccccc4)CC3)C2=O)cc1.